The second-order valence-electron chi connectivity index (χ2n) is 9.83. The van der Waals surface area contributed by atoms with Crippen LogP contribution in [0.2, 0.25) is 0 Å². The van der Waals surface area contributed by atoms with E-state index in [1.54, 1.807) is 0 Å². The van der Waals surface area contributed by atoms with Crippen LogP contribution in [0.25, 0.3) is 11.0 Å². The fraction of sp³-hybridized carbons (Fsp3) is 0.542. The Bertz CT molecular complexity index is 1420. The molecule has 1 fully saturated rings. The maximum Gasteiger partial charge on any atom is 0.287 e. The van der Waals surface area contributed by atoms with Crippen LogP contribution in [0, 0.1) is 18.7 Å². The van der Waals surface area contributed by atoms with Crippen LogP contribution in [0.4, 0.5) is 39.5 Å². The van der Waals surface area contributed by atoms with Crippen LogP contribution in [-0.2, 0) is 4.79 Å². The molecule has 0 radical (unpaired) electrons. The van der Waals surface area contributed by atoms with Crippen molar-refractivity contribution in [3.8, 4) is 0 Å². The highest BCUT2D eigenvalue weighted by Crippen LogP contribution is 2.42. The van der Waals surface area contributed by atoms with E-state index in [1.165, 1.54) is 6.92 Å². The van der Waals surface area contributed by atoms with E-state index in [0.29, 0.717) is 6.07 Å². The first-order valence-electron chi connectivity index (χ1n) is 12.5. The normalized spacial score (nSPS) is 18.7. The number of imidazole rings is 1. The summed E-state index contributed by atoms with van der Waals surface area (Å²) < 4.78 is 127. The Morgan fingerprint density at radius 3 is 2.26 bits per heavy atom. The van der Waals surface area contributed by atoms with Gasteiger partial charge in [-0.25, -0.2) is 49.1 Å². The molecular formula is C24H23F9N6O3. The summed E-state index contributed by atoms with van der Waals surface area (Å²) in [5.74, 6) is -10.8. The highest BCUT2D eigenvalue weighted by atomic mass is 19.3. The van der Waals surface area contributed by atoms with Crippen molar-refractivity contribution >= 4 is 22.8 Å². The van der Waals surface area contributed by atoms with Gasteiger partial charge in [0.05, 0.1) is 11.6 Å². The molecule has 1 aliphatic rings. The second-order valence-corrected chi connectivity index (χ2v) is 9.83. The van der Waals surface area contributed by atoms with Gasteiger partial charge in [0.25, 0.3) is 18.8 Å². The molecule has 1 saturated carbocycles. The summed E-state index contributed by atoms with van der Waals surface area (Å²) in [5.41, 5.74) is -1.92. The van der Waals surface area contributed by atoms with Crippen LogP contribution < -0.4 is 10.6 Å². The van der Waals surface area contributed by atoms with E-state index in [9.17, 15) is 44.7 Å². The van der Waals surface area contributed by atoms with Gasteiger partial charge in [0.15, 0.2) is 17.7 Å². The number of rotatable bonds is 10. The van der Waals surface area contributed by atoms with Crippen LogP contribution in [0.5, 0.6) is 0 Å². The minimum absolute atomic E-state index is 0.0898. The number of alkyl halides is 8. The van der Waals surface area contributed by atoms with Gasteiger partial charge >= 0.3 is 0 Å². The number of aromatic nitrogens is 4. The van der Waals surface area contributed by atoms with E-state index >= 15 is 4.39 Å². The SMILES string of the molecule is Cc1nonc1C(=O)N[C@H](c1nc2c(F)c([C@@H](C(=O)NC(F)C(F)F)C(F)C(F)F)ccc2[nH]1)C1CCC(F)(F)CC1. The first-order chi connectivity index (χ1) is 19.7. The zero-order valence-corrected chi connectivity index (χ0v) is 21.5. The zero-order chi connectivity index (χ0) is 30.9. The van der Waals surface area contributed by atoms with Crippen molar-refractivity contribution in [3.63, 3.8) is 0 Å². The quantitative estimate of drug-likeness (QED) is 0.217. The van der Waals surface area contributed by atoms with E-state index in [0.717, 1.165) is 11.4 Å². The molecule has 1 aliphatic carbocycles. The summed E-state index contributed by atoms with van der Waals surface area (Å²) in [4.78, 5) is 32.0. The third-order valence-corrected chi connectivity index (χ3v) is 7.00. The molecule has 0 bridgehead atoms. The van der Waals surface area contributed by atoms with E-state index in [1.807, 2.05) is 0 Å². The molecule has 18 heteroatoms. The summed E-state index contributed by atoms with van der Waals surface area (Å²) in [6, 6.07) is 0.586. The van der Waals surface area contributed by atoms with Crippen molar-refractivity contribution in [1.29, 1.82) is 0 Å². The molecule has 230 valence electrons. The fourth-order valence-corrected chi connectivity index (χ4v) is 4.81. The number of nitrogens with zero attached hydrogens (tertiary/aromatic N) is 3. The minimum atomic E-state index is -3.88. The Hall–Kier alpha value is -3.86. The monoisotopic (exact) mass is 614 g/mol. The summed E-state index contributed by atoms with van der Waals surface area (Å²) in [6.07, 6.45) is -15.6. The minimum Gasteiger partial charge on any atom is -0.340 e. The number of benzene rings is 1. The Morgan fingerprint density at radius 1 is 1.02 bits per heavy atom. The lowest BCUT2D eigenvalue weighted by Gasteiger charge is -2.33. The van der Waals surface area contributed by atoms with Crippen LogP contribution in [-0.4, -0.2) is 63.3 Å². The Balaban J connectivity index is 1.73. The lowest BCUT2D eigenvalue weighted by Crippen LogP contribution is -2.43. The average Bonchev–Trinajstić information content (AvgIpc) is 3.55. The lowest BCUT2D eigenvalue weighted by atomic mass is 9.81. The number of nitrogens with one attached hydrogen (secondary N) is 3. The predicted octanol–water partition coefficient (Wildman–Crippen LogP) is 5.05. The first kappa shape index (κ1) is 31.1. The number of amides is 2. The number of halogens is 9. The van der Waals surface area contributed by atoms with Crippen LogP contribution in [0.3, 0.4) is 0 Å². The smallest absolute Gasteiger partial charge is 0.287 e. The van der Waals surface area contributed by atoms with Crippen LogP contribution in [0.1, 0.15) is 65.2 Å². The number of hydrogen-bond acceptors (Lipinski definition) is 6. The molecule has 0 spiro atoms. The third kappa shape index (κ3) is 6.46. The van der Waals surface area contributed by atoms with E-state index in [-0.39, 0.29) is 35.6 Å². The molecule has 1 aromatic carbocycles. The third-order valence-electron chi connectivity index (χ3n) is 7.00. The molecule has 0 aliphatic heterocycles. The molecule has 2 heterocycles. The number of carbonyl (C=O) groups excluding carboxylic acids is 2. The summed E-state index contributed by atoms with van der Waals surface area (Å²) in [7, 11) is 0. The number of aryl methyl sites for hydroxylation is 1. The maximum atomic E-state index is 15.6. The predicted molar refractivity (Wildman–Crippen MR) is 125 cm³/mol. The van der Waals surface area contributed by atoms with Gasteiger partial charge in [0.2, 0.25) is 18.1 Å². The molecule has 42 heavy (non-hydrogen) atoms. The largest absolute Gasteiger partial charge is 0.340 e. The standard InChI is InChI=1S/C24H23F9N6O3/c1-8-15(39-42-38-8)23(41)36-16(9-4-6-24(32,33)7-5-9)21-34-11-3-2-10(13(25)17(11)35-21)12(14(26)18(27)28)22(40)37-20(31)19(29)30/h2-3,9,12,14,16,18-20H,4-7H2,1H3,(H,34,35)(H,36,41)(H,37,40)/t12-,14?,16+,20?/m1/s1. The molecule has 2 unspecified atom stereocenters. The van der Waals surface area contributed by atoms with Crippen LogP contribution in [0.15, 0.2) is 16.8 Å². The number of hydrogen-bond donors (Lipinski definition) is 3. The van der Waals surface area contributed by atoms with Gasteiger partial charge in [0.1, 0.15) is 23.0 Å². The highest BCUT2D eigenvalue weighted by Gasteiger charge is 2.42. The zero-order valence-electron chi connectivity index (χ0n) is 21.5. The lowest BCUT2D eigenvalue weighted by molar-refractivity contribution is -0.130. The summed E-state index contributed by atoms with van der Waals surface area (Å²) >= 11 is 0. The maximum absolute atomic E-state index is 15.6. The summed E-state index contributed by atoms with van der Waals surface area (Å²) in [5, 5.41) is 10.6. The Kier molecular flexibility index (Phi) is 9.01. The van der Waals surface area contributed by atoms with Crippen molar-refractivity contribution in [2.45, 2.75) is 75.8 Å². The van der Waals surface area contributed by atoms with Gasteiger partial charge in [0, 0.05) is 18.4 Å². The second kappa shape index (κ2) is 12.2. The van der Waals surface area contributed by atoms with Gasteiger partial charge in [-0.1, -0.05) is 11.2 Å². The Morgan fingerprint density at radius 2 is 1.69 bits per heavy atom. The molecular weight excluding hydrogens is 591 g/mol. The van der Waals surface area contributed by atoms with Gasteiger partial charge in [-0.2, -0.15) is 0 Å². The fourth-order valence-electron chi connectivity index (χ4n) is 4.81. The van der Waals surface area contributed by atoms with E-state index in [2.05, 4.69) is 30.2 Å². The van der Waals surface area contributed by atoms with Crippen molar-refractivity contribution in [3.05, 3.63) is 40.7 Å². The average molecular weight is 614 g/mol. The number of fused-ring (bicyclic) bond motifs is 1. The number of carbonyl (C=O) groups is 2. The number of aromatic amines is 1. The molecule has 0 saturated heterocycles. The molecule has 4 atom stereocenters. The van der Waals surface area contributed by atoms with E-state index in [4.69, 9.17) is 0 Å². The molecule has 3 N–H and O–H groups in total. The molecule has 2 aromatic heterocycles. The summed E-state index contributed by atoms with van der Waals surface area (Å²) in [6.45, 7) is 1.41. The molecule has 2 amide bonds. The van der Waals surface area contributed by atoms with Gasteiger partial charge in [-0.05, 0) is 36.9 Å². The van der Waals surface area contributed by atoms with E-state index < -0.39 is 90.7 Å². The van der Waals surface area contributed by atoms with Gasteiger partial charge in [-0.15, -0.1) is 0 Å². The van der Waals surface area contributed by atoms with Crippen LogP contribution >= 0.6 is 0 Å². The van der Waals surface area contributed by atoms with Gasteiger partial charge < -0.3 is 15.6 Å². The topological polar surface area (TPSA) is 126 Å². The van der Waals surface area contributed by atoms with Crippen molar-refractivity contribution in [2.24, 2.45) is 5.92 Å². The van der Waals surface area contributed by atoms with Crippen molar-refractivity contribution in [2.75, 3.05) is 0 Å². The molecule has 4 rings (SSSR count). The Labute approximate surface area is 230 Å². The first-order valence-corrected chi connectivity index (χ1v) is 12.5. The van der Waals surface area contributed by atoms with Gasteiger partial charge in [-0.3, -0.25) is 9.59 Å². The van der Waals surface area contributed by atoms with Crippen molar-refractivity contribution in [1.82, 2.24) is 30.9 Å². The number of H-pyrrole nitrogens is 1. The molecule has 9 nitrogen and oxygen atoms in total. The highest BCUT2D eigenvalue weighted by molar-refractivity contribution is 5.93. The van der Waals surface area contributed by atoms with Crippen molar-refractivity contribution < 1.29 is 53.7 Å². The molecule has 3 aromatic rings.